The molecule has 21 heavy (non-hydrogen) atoms. The fraction of sp³-hybridized carbons (Fsp3) is 0.625. The summed E-state index contributed by atoms with van der Waals surface area (Å²) in [4.78, 5) is 18.7. The number of piperidine rings is 1. The number of carbonyl (C=O) groups excluding carboxylic acids is 1. The smallest absolute Gasteiger partial charge is 0.226 e. The van der Waals surface area contributed by atoms with Crippen LogP contribution in [-0.4, -0.2) is 35.4 Å². The average Bonchev–Trinajstić information content (AvgIpc) is 2.48. The van der Waals surface area contributed by atoms with Crippen molar-refractivity contribution < 1.29 is 4.79 Å². The van der Waals surface area contributed by atoms with Crippen LogP contribution in [0.25, 0.3) is 0 Å². The first-order valence-electron chi connectivity index (χ1n) is 7.53. The Labute approximate surface area is 133 Å². The van der Waals surface area contributed by atoms with E-state index in [4.69, 9.17) is 0 Å². The quantitative estimate of drug-likeness (QED) is 0.930. The van der Waals surface area contributed by atoms with E-state index < -0.39 is 0 Å². The molecule has 1 saturated heterocycles. The molecule has 1 amide bonds. The van der Waals surface area contributed by atoms with Gasteiger partial charge in [0.15, 0.2) is 0 Å². The molecule has 0 bridgehead atoms. The van der Waals surface area contributed by atoms with E-state index in [9.17, 15) is 4.79 Å². The summed E-state index contributed by atoms with van der Waals surface area (Å²) in [6.07, 6.45) is 6.40. The lowest BCUT2D eigenvalue weighted by molar-refractivity contribution is -0.137. The van der Waals surface area contributed by atoms with E-state index in [2.05, 4.69) is 24.1 Å². The van der Waals surface area contributed by atoms with Gasteiger partial charge in [0.1, 0.15) is 0 Å². The van der Waals surface area contributed by atoms with Crippen molar-refractivity contribution in [1.29, 1.82) is 0 Å². The Morgan fingerprint density at radius 3 is 2.71 bits per heavy atom. The Morgan fingerprint density at radius 2 is 2.14 bits per heavy atom. The highest BCUT2D eigenvalue weighted by Crippen LogP contribution is 2.26. The SMILES string of the molecule is CCC(c1ccncc1)N(C)C(=O)[C@H]1CCN[C@@H](C)C1.Cl. The molecular formula is C16H26ClN3O. The third kappa shape index (κ3) is 4.42. The minimum absolute atomic E-state index is 0. The number of aromatic nitrogens is 1. The van der Waals surface area contributed by atoms with E-state index in [1.807, 2.05) is 24.1 Å². The largest absolute Gasteiger partial charge is 0.338 e. The van der Waals surface area contributed by atoms with Crippen LogP contribution in [0, 0.1) is 5.92 Å². The molecule has 3 atom stereocenters. The van der Waals surface area contributed by atoms with E-state index in [1.165, 1.54) is 5.56 Å². The second kappa shape index (κ2) is 8.35. The highest BCUT2D eigenvalue weighted by Gasteiger charge is 2.30. The van der Waals surface area contributed by atoms with Crippen molar-refractivity contribution in [1.82, 2.24) is 15.2 Å². The molecule has 0 spiro atoms. The Kier molecular flexibility index (Phi) is 7.12. The maximum atomic E-state index is 12.7. The van der Waals surface area contributed by atoms with Gasteiger partial charge in [0.25, 0.3) is 0 Å². The molecule has 0 saturated carbocycles. The molecule has 0 aliphatic carbocycles. The summed E-state index contributed by atoms with van der Waals surface area (Å²) < 4.78 is 0. The molecule has 2 heterocycles. The molecule has 118 valence electrons. The van der Waals surface area contributed by atoms with Crippen LogP contribution >= 0.6 is 12.4 Å². The third-order valence-corrected chi connectivity index (χ3v) is 4.27. The van der Waals surface area contributed by atoms with Crippen LogP contribution in [0.4, 0.5) is 0 Å². The van der Waals surface area contributed by atoms with Gasteiger partial charge >= 0.3 is 0 Å². The van der Waals surface area contributed by atoms with Gasteiger partial charge in [-0.1, -0.05) is 6.92 Å². The lowest BCUT2D eigenvalue weighted by Gasteiger charge is -2.34. The normalized spacial score (nSPS) is 23.0. The lowest BCUT2D eigenvalue weighted by atomic mass is 9.91. The van der Waals surface area contributed by atoms with Crippen molar-refractivity contribution in [2.24, 2.45) is 5.92 Å². The number of carbonyl (C=O) groups is 1. The van der Waals surface area contributed by atoms with E-state index in [0.717, 1.165) is 25.8 Å². The van der Waals surface area contributed by atoms with Crippen molar-refractivity contribution in [3.63, 3.8) is 0 Å². The zero-order chi connectivity index (χ0) is 14.5. The second-order valence-electron chi connectivity index (χ2n) is 5.73. The number of hydrogen-bond donors (Lipinski definition) is 1. The number of pyridine rings is 1. The van der Waals surface area contributed by atoms with Gasteiger partial charge in [-0.05, 0) is 50.4 Å². The van der Waals surface area contributed by atoms with Gasteiger partial charge in [-0.25, -0.2) is 0 Å². The maximum Gasteiger partial charge on any atom is 0.226 e. The maximum absolute atomic E-state index is 12.7. The molecule has 2 rings (SSSR count). The molecule has 0 radical (unpaired) electrons. The summed E-state index contributed by atoms with van der Waals surface area (Å²) in [6.45, 7) is 5.22. The van der Waals surface area contributed by atoms with Gasteiger partial charge in [-0.15, -0.1) is 12.4 Å². The minimum atomic E-state index is 0. The molecule has 1 aromatic rings. The number of rotatable bonds is 4. The van der Waals surface area contributed by atoms with Crippen molar-refractivity contribution in [2.45, 2.75) is 45.2 Å². The highest BCUT2D eigenvalue weighted by atomic mass is 35.5. The summed E-state index contributed by atoms with van der Waals surface area (Å²) in [5.74, 6) is 0.439. The molecule has 1 fully saturated rings. The van der Waals surface area contributed by atoms with E-state index >= 15 is 0 Å². The van der Waals surface area contributed by atoms with Gasteiger partial charge in [0, 0.05) is 31.4 Å². The molecule has 1 aliphatic rings. The predicted molar refractivity (Wildman–Crippen MR) is 87.5 cm³/mol. The number of nitrogens with one attached hydrogen (secondary N) is 1. The first kappa shape index (κ1) is 17.9. The van der Waals surface area contributed by atoms with Crippen molar-refractivity contribution in [2.75, 3.05) is 13.6 Å². The number of hydrogen-bond acceptors (Lipinski definition) is 3. The van der Waals surface area contributed by atoms with Crippen LogP contribution in [0.15, 0.2) is 24.5 Å². The summed E-state index contributed by atoms with van der Waals surface area (Å²) in [6, 6.07) is 4.59. The van der Waals surface area contributed by atoms with Gasteiger partial charge in [-0.3, -0.25) is 9.78 Å². The molecule has 4 nitrogen and oxygen atoms in total. The second-order valence-corrected chi connectivity index (χ2v) is 5.73. The molecule has 1 aliphatic heterocycles. The first-order valence-corrected chi connectivity index (χ1v) is 7.53. The Hall–Kier alpha value is -1.13. The fourth-order valence-electron chi connectivity index (χ4n) is 3.12. The Balaban J connectivity index is 0.00000220. The van der Waals surface area contributed by atoms with E-state index in [0.29, 0.717) is 6.04 Å². The third-order valence-electron chi connectivity index (χ3n) is 4.27. The van der Waals surface area contributed by atoms with E-state index in [-0.39, 0.29) is 30.3 Å². The average molecular weight is 312 g/mol. The Bertz CT molecular complexity index is 440. The minimum Gasteiger partial charge on any atom is -0.338 e. The summed E-state index contributed by atoms with van der Waals surface area (Å²) in [5.41, 5.74) is 1.17. The number of halogens is 1. The van der Waals surface area contributed by atoms with Gasteiger partial charge in [0.2, 0.25) is 5.91 Å². The van der Waals surface area contributed by atoms with Crippen LogP contribution in [0.3, 0.4) is 0 Å². The van der Waals surface area contributed by atoms with Crippen molar-refractivity contribution in [3.8, 4) is 0 Å². The predicted octanol–water partition coefficient (Wildman–Crippen LogP) is 2.80. The van der Waals surface area contributed by atoms with Gasteiger partial charge < -0.3 is 10.2 Å². The monoisotopic (exact) mass is 311 g/mol. The molecule has 1 N–H and O–H groups in total. The van der Waals surface area contributed by atoms with Gasteiger partial charge in [-0.2, -0.15) is 0 Å². The molecule has 1 unspecified atom stereocenters. The van der Waals surface area contributed by atoms with Crippen LogP contribution in [0.1, 0.15) is 44.7 Å². The molecule has 1 aromatic heterocycles. The van der Waals surface area contributed by atoms with Crippen LogP contribution < -0.4 is 5.32 Å². The zero-order valence-electron chi connectivity index (χ0n) is 13.1. The topological polar surface area (TPSA) is 45.2 Å². The Morgan fingerprint density at radius 1 is 1.48 bits per heavy atom. The molecular weight excluding hydrogens is 286 g/mol. The molecule has 5 heteroatoms. The number of nitrogens with zero attached hydrogens (tertiary/aromatic N) is 2. The summed E-state index contributed by atoms with van der Waals surface area (Å²) in [5, 5.41) is 3.40. The van der Waals surface area contributed by atoms with Gasteiger partial charge in [0.05, 0.1) is 6.04 Å². The number of amides is 1. The lowest BCUT2D eigenvalue weighted by Crippen LogP contribution is -2.43. The zero-order valence-corrected chi connectivity index (χ0v) is 13.9. The summed E-state index contributed by atoms with van der Waals surface area (Å²) in [7, 11) is 1.93. The van der Waals surface area contributed by atoms with Crippen molar-refractivity contribution >= 4 is 18.3 Å². The van der Waals surface area contributed by atoms with Crippen LogP contribution in [0.2, 0.25) is 0 Å². The summed E-state index contributed by atoms with van der Waals surface area (Å²) >= 11 is 0. The highest BCUT2D eigenvalue weighted by molar-refractivity contribution is 5.85. The van der Waals surface area contributed by atoms with Crippen LogP contribution in [-0.2, 0) is 4.79 Å². The molecule has 0 aromatic carbocycles. The van der Waals surface area contributed by atoms with Crippen LogP contribution in [0.5, 0.6) is 0 Å². The van der Waals surface area contributed by atoms with E-state index in [1.54, 1.807) is 12.4 Å². The standard InChI is InChI=1S/C16H25N3O.ClH/c1-4-15(13-5-8-17-9-6-13)19(3)16(20)14-7-10-18-12(2)11-14;/h5-6,8-9,12,14-15,18H,4,7,10-11H2,1-3H3;1H/t12-,14-,15?;/m0./s1. The first-order chi connectivity index (χ1) is 9.63. The van der Waals surface area contributed by atoms with Crippen molar-refractivity contribution in [3.05, 3.63) is 30.1 Å². The fourth-order valence-corrected chi connectivity index (χ4v) is 3.12.